The molecule has 0 spiro atoms. The van der Waals surface area contributed by atoms with Crippen molar-refractivity contribution in [3.8, 4) is 55.6 Å². The molecule has 3 aliphatic carbocycles. The molecule has 6 aromatic rings. The first-order chi connectivity index (χ1) is 36.4. The van der Waals surface area contributed by atoms with E-state index in [1.165, 1.54) is 235 Å². The van der Waals surface area contributed by atoms with E-state index in [9.17, 15) is 9.59 Å². The summed E-state index contributed by atoms with van der Waals surface area (Å²) in [6.45, 7) is 9.23. The molecular weight excluding hydrogens is 897 g/mol. The van der Waals surface area contributed by atoms with Crippen LogP contribution in [0, 0.1) is 0 Å². The molecule has 0 saturated carbocycles. The SMILES string of the molecule is CCCCCCCCC1(CCCCCCCC)c2ccccc2-c2ccc(-c3ccc4c(c3)-c3cc(-c5ccc6c(c5)C(CCCCCCCC)(CCCCCCCC)c5ccccc5-6)ccc3C(=O)C4=O)cc21. The van der Waals surface area contributed by atoms with Gasteiger partial charge in [0.05, 0.1) is 0 Å². The zero-order chi connectivity index (χ0) is 51.3. The third-order valence-corrected chi connectivity index (χ3v) is 18.1. The number of unbranched alkanes of at least 4 members (excludes halogenated alkanes) is 20. The zero-order valence-electron chi connectivity index (χ0n) is 46.2. The van der Waals surface area contributed by atoms with E-state index in [4.69, 9.17) is 0 Å². The van der Waals surface area contributed by atoms with Crippen LogP contribution in [-0.4, -0.2) is 11.6 Å². The number of hydrogen-bond donors (Lipinski definition) is 0. The first-order valence-corrected chi connectivity index (χ1v) is 30.3. The molecule has 0 aliphatic heterocycles. The van der Waals surface area contributed by atoms with Gasteiger partial charge in [-0.3, -0.25) is 9.59 Å². The highest BCUT2D eigenvalue weighted by Crippen LogP contribution is 2.57. The molecule has 0 saturated heterocycles. The highest BCUT2D eigenvalue weighted by Gasteiger charge is 2.44. The van der Waals surface area contributed by atoms with Gasteiger partial charge in [-0.25, -0.2) is 0 Å². The third-order valence-electron chi connectivity index (χ3n) is 18.1. The van der Waals surface area contributed by atoms with E-state index in [1.807, 2.05) is 12.1 Å². The highest BCUT2D eigenvalue weighted by molar-refractivity contribution is 6.53. The number of benzene rings is 6. The van der Waals surface area contributed by atoms with Gasteiger partial charge in [-0.15, -0.1) is 0 Å². The maximum Gasteiger partial charge on any atom is 0.234 e. The first-order valence-electron chi connectivity index (χ1n) is 30.3. The van der Waals surface area contributed by atoms with Crippen LogP contribution < -0.4 is 0 Å². The molecule has 74 heavy (non-hydrogen) atoms. The lowest BCUT2D eigenvalue weighted by molar-refractivity contribution is 0.0815. The van der Waals surface area contributed by atoms with Crippen LogP contribution in [0.15, 0.2) is 121 Å². The molecule has 3 aliphatic rings. The van der Waals surface area contributed by atoms with E-state index in [1.54, 1.807) is 0 Å². The molecule has 0 N–H and O–H groups in total. The Bertz CT molecular complexity index is 2630. The zero-order valence-corrected chi connectivity index (χ0v) is 46.2. The maximum atomic E-state index is 14.0. The standard InChI is InChI=1S/C72H88O2/c1-5-9-13-17-21-29-45-71(46-30-22-18-14-10-6-2)65-35-27-25-33-57(65)59-41-37-55(51-67(59)71)53-39-43-61-63(49-53)64-50-54(40-44-62(64)70(74)69(61)73)56-38-42-60-58-34-26-28-36-66(58)72(68(60)52-56,47-31-23-19-15-11-7-3)48-32-24-20-16-12-8-4/h25-28,33-44,49-52H,5-24,29-32,45-48H2,1-4H3. The molecule has 0 atom stereocenters. The summed E-state index contributed by atoms with van der Waals surface area (Å²) in [7, 11) is 0. The van der Waals surface area contributed by atoms with Crippen molar-refractivity contribution in [3.05, 3.63) is 155 Å². The Morgan fingerprint density at radius 1 is 0.257 bits per heavy atom. The Morgan fingerprint density at radius 2 is 0.527 bits per heavy atom. The average molecular weight is 985 g/mol. The molecule has 2 nitrogen and oxygen atoms in total. The van der Waals surface area contributed by atoms with Crippen LogP contribution in [-0.2, 0) is 10.8 Å². The molecule has 0 bridgehead atoms. The van der Waals surface area contributed by atoms with E-state index >= 15 is 0 Å². The summed E-state index contributed by atoms with van der Waals surface area (Å²) >= 11 is 0. The molecule has 0 heterocycles. The van der Waals surface area contributed by atoms with E-state index in [2.05, 4.69) is 137 Å². The second-order valence-electron chi connectivity index (χ2n) is 23.0. The van der Waals surface area contributed by atoms with Crippen molar-refractivity contribution in [3.63, 3.8) is 0 Å². The van der Waals surface area contributed by atoms with Crippen LogP contribution in [0.3, 0.4) is 0 Å². The van der Waals surface area contributed by atoms with Gasteiger partial charge in [-0.2, -0.15) is 0 Å². The normalized spacial score (nSPS) is 14.4. The first kappa shape index (κ1) is 53.5. The van der Waals surface area contributed by atoms with E-state index in [0.717, 1.165) is 22.3 Å². The highest BCUT2D eigenvalue weighted by atomic mass is 16.2. The maximum absolute atomic E-state index is 14.0. The monoisotopic (exact) mass is 985 g/mol. The lowest BCUT2D eigenvalue weighted by Crippen LogP contribution is -2.25. The number of ketones is 2. The molecule has 0 amide bonds. The number of carbonyl (C=O) groups is 2. The van der Waals surface area contributed by atoms with Crippen molar-refractivity contribution in [2.24, 2.45) is 0 Å². The summed E-state index contributed by atoms with van der Waals surface area (Å²) in [6, 6.07) is 45.5. The summed E-state index contributed by atoms with van der Waals surface area (Å²) in [6.07, 6.45) is 35.8. The van der Waals surface area contributed by atoms with E-state index in [0.29, 0.717) is 11.1 Å². The average Bonchev–Trinajstić information content (AvgIpc) is 3.89. The summed E-state index contributed by atoms with van der Waals surface area (Å²) < 4.78 is 0. The van der Waals surface area contributed by atoms with Crippen LogP contribution in [0.2, 0.25) is 0 Å². The summed E-state index contributed by atoms with van der Waals surface area (Å²) in [5.41, 5.74) is 18.8. The van der Waals surface area contributed by atoms with Crippen LogP contribution in [0.1, 0.15) is 250 Å². The summed E-state index contributed by atoms with van der Waals surface area (Å²) in [5.74, 6) is -0.810. The van der Waals surface area contributed by atoms with Gasteiger partial charge in [-0.05, 0) is 140 Å². The largest absolute Gasteiger partial charge is 0.285 e. The molecule has 0 aromatic heterocycles. The Balaban J connectivity index is 1.07. The van der Waals surface area contributed by atoms with Gasteiger partial charge in [0.25, 0.3) is 0 Å². The van der Waals surface area contributed by atoms with E-state index < -0.39 is 11.6 Å². The molecule has 0 fully saturated rings. The fourth-order valence-electron chi connectivity index (χ4n) is 14.0. The minimum Gasteiger partial charge on any atom is -0.285 e. The summed E-state index contributed by atoms with van der Waals surface area (Å²) in [4.78, 5) is 28.0. The minimum absolute atomic E-state index is 0.0202. The molecule has 2 heteroatoms. The van der Waals surface area contributed by atoms with Crippen LogP contribution in [0.25, 0.3) is 55.6 Å². The van der Waals surface area contributed by atoms with Crippen molar-refractivity contribution in [1.82, 2.24) is 0 Å². The van der Waals surface area contributed by atoms with Crippen molar-refractivity contribution in [2.45, 2.75) is 218 Å². The Labute approximate surface area is 447 Å². The number of rotatable bonds is 30. The van der Waals surface area contributed by atoms with Crippen molar-refractivity contribution >= 4 is 11.6 Å². The molecule has 9 rings (SSSR count). The fourth-order valence-corrected chi connectivity index (χ4v) is 14.0. The molecule has 0 radical (unpaired) electrons. The lowest BCUT2D eigenvalue weighted by atomic mass is 9.70. The Morgan fingerprint density at radius 3 is 0.865 bits per heavy atom. The predicted octanol–water partition coefficient (Wildman–Crippen LogP) is 21.6. The van der Waals surface area contributed by atoms with Gasteiger partial charge in [0.2, 0.25) is 11.6 Å². The molecule has 0 unspecified atom stereocenters. The third kappa shape index (κ3) is 11.1. The van der Waals surface area contributed by atoms with Crippen LogP contribution >= 0.6 is 0 Å². The second kappa shape index (κ2) is 25.5. The van der Waals surface area contributed by atoms with Gasteiger partial charge in [0, 0.05) is 22.0 Å². The van der Waals surface area contributed by atoms with Crippen molar-refractivity contribution in [2.75, 3.05) is 0 Å². The van der Waals surface area contributed by atoms with Gasteiger partial charge in [-0.1, -0.05) is 267 Å². The second-order valence-corrected chi connectivity index (χ2v) is 23.0. The van der Waals surface area contributed by atoms with Gasteiger partial charge in [0.15, 0.2) is 0 Å². The van der Waals surface area contributed by atoms with Crippen molar-refractivity contribution in [1.29, 1.82) is 0 Å². The molecule has 6 aromatic carbocycles. The van der Waals surface area contributed by atoms with Crippen LogP contribution in [0.4, 0.5) is 0 Å². The van der Waals surface area contributed by atoms with Gasteiger partial charge < -0.3 is 0 Å². The molecular formula is C72H88O2. The quantitative estimate of drug-likeness (QED) is 0.0333. The number of fused-ring (bicyclic) bond motifs is 9. The Kier molecular flexibility index (Phi) is 18.4. The van der Waals surface area contributed by atoms with Gasteiger partial charge >= 0.3 is 0 Å². The fraction of sp³-hybridized carbons (Fsp3) is 0.472. The Hall–Kier alpha value is -5.34. The number of carbonyl (C=O) groups excluding carboxylic acids is 2. The minimum atomic E-state index is -0.405. The predicted molar refractivity (Wildman–Crippen MR) is 316 cm³/mol. The molecule has 388 valence electrons. The van der Waals surface area contributed by atoms with Crippen molar-refractivity contribution < 1.29 is 9.59 Å². The summed E-state index contributed by atoms with van der Waals surface area (Å²) in [5, 5.41) is 0. The van der Waals surface area contributed by atoms with Gasteiger partial charge in [0.1, 0.15) is 0 Å². The van der Waals surface area contributed by atoms with Crippen LogP contribution in [0.5, 0.6) is 0 Å². The topological polar surface area (TPSA) is 34.1 Å². The van der Waals surface area contributed by atoms with E-state index in [-0.39, 0.29) is 10.8 Å². The number of Topliss-reactive ketones (excluding diaryl/α,β-unsaturated/α-hetero) is 2. The number of hydrogen-bond acceptors (Lipinski definition) is 2. The smallest absolute Gasteiger partial charge is 0.234 e. The lowest BCUT2D eigenvalue weighted by Gasteiger charge is -2.33.